The van der Waals surface area contributed by atoms with Crippen molar-refractivity contribution >= 4 is 11.6 Å². The summed E-state index contributed by atoms with van der Waals surface area (Å²) in [5.41, 5.74) is 0.392. The van der Waals surface area contributed by atoms with Gasteiger partial charge < -0.3 is 0 Å². The lowest BCUT2D eigenvalue weighted by atomic mass is 10.1. The molecule has 5 heteroatoms. The number of rotatable bonds is 2. The van der Waals surface area contributed by atoms with Crippen LogP contribution in [0.2, 0.25) is 5.02 Å². The number of nitrogens with zero attached hydrogens (tertiary/aromatic N) is 2. The van der Waals surface area contributed by atoms with Crippen molar-refractivity contribution in [1.29, 1.82) is 5.26 Å². The smallest absolute Gasteiger partial charge is 0.256 e. The average molecular weight is 217 g/mol. The number of hydrogen-bond acceptors (Lipinski definition) is 2. The summed E-state index contributed by atoms with van der Waals surface area (Å²) >= 11 is 5.63. The van der Waals surface area contributed by atoms with E-state index in [1.54, 1.807) is 0 Å². The van der Waals surface area contributed by atoms with E-state index < -0.39 is 6.43 Å². The van der Waals surface area contributed by atoms with E-state index in [1.165, 1.54) is 13.0 Å². The fourth-order valence-electron chi connectivity index (χ4n) is 1.08. The number of aryl methyl sites for hydroxylation is 1. The summed E-state index contributed by atoms with van der Waals surface area (Å²) < 4.78 is 24.9. The summed E-state index contributed by atoms with van der Waals surface area (Å²) in [5.74, 6) is 0. The van der Waals surface area contributed by atoms with Gasteiger partial charge in [-0.3, -0.25) is 4.98 Å². The molecule has 0 aliphatic rings. The average Bonchev–Trinajstić information content (AvgIpc) is 2.11. The monoisotopic (exact) mass is 216 g/mol. The highest BCUT2D eigenvalue weighted by Gasteiger charge is 2.15. The molecule has 0 amide bonds. The lowest BCUT2D eigenvalue weighted by Crippen LogP contribution is -1.97. The highest BCUT2D eigenvalue weighted by molar-refractivity contribution is 6.32. The Morgan fingerprint density at radius 1 is 1.64 bits per heavy atom. The zero-order valence-corrected chi connectivity index (χ0v) is 8.15. The van der Waals surface area contributed by atoms with Gasteiger partial charge in [0.2, 0.25) is 0 Å². The van der Waals surface area contributed by atoms with Crippen LogP contribution in [-0.4, -0.2) is 4.98 Å². The molecule has 0 fully saturated rings. The van der Waals surface area contributed by atoms with Crippen molar-refractivity contribution in [2.24, 2.45) is 0 Å². The third-order valence-electron chi connectivity index (χ3n) is 1.70. The lowest BCUT2D eigenvalue weighted by molar-refractivity contribution is 0.151. The van der Waals surface area contributed by atoms with E-state index >= 15 is 0 Å². The number of aromatic nitrogens is 1. The van der Waals surface area contributed by atoms with Crippen LogP contribution in [0.5, 0.6) is 0 Å². The number of hydrogen-bond donors (Lipinski definition) is 0. The lowest BCUT2D eigenvalue weighted by Gasteiger charge is -2.07. The minimum atomic E-state index is -2.64. The fraction of sp³-hybridized carbons (Fsp3) is 0.333. The topological polar surface area (TPSA) is 36.7 Å². The third kappa shape index (κ3) is 2.18. The molecule has 1 heterocycles. The maximum atomic E-state index is 12.4. The van der Waals surface area contributed by atoms with Gasteiger partial charge in [0.05, 0.1) is 28.9 Å². The van der Waals surface area contributed by atoms with E-state index in [9.17, 15) is 8.78 Å². The van der Waals surface area contributed by atoms with Crippen LogP contribution in [0.1, 0.15) is 23.4 Å². The highest BCUT2D eigenvalue weighted by atomic mass is 35.5. The Bertz CT molecular complexity index is 385. The first-order valence-corrected chi connectivity index (χ1v) is 4.25. The van der Waals surface area contributed by atoms with Crippen LogP contribution < -0.4 is 0 Å². The molecular formula is C9H7ClF2N2. The molecule has 0 N–H and O–H groups in total. The number of alkyl halides is 2. The Hall–Kier alpha value is -1.21. The first-order valence-electron chi connectivity index (χ1n) is 3.87. The molecular weight excluding hydrogens is 210 g/mol. The predicted octanol–water partition coefficient (Wildman–Crippen LogP) is 3.05. The molecule has 2 nitrogen and oxygen atoms in total. The molecule has 0 saturated carbocycles. The largest absolute Gasteiger partial charge is 0.265 e. The molecule has 0 unspecified atom stereocenters. The first kappa shape index (κ1) is 10.9. The van der Waals surface area contributed by atoms with E-state index in [0.29, 0.717) is 11.4 Å². The van der Waals surface area contributed by atoms with Crippen molar-refractivity contribution in [2.75, 3.05) is 0 Å². The zero-order valence-electron chi connectivity index (χ0n) is 7.39. The molecule has 0 aromatic carbocycles. The van der Waals surface area contributed by atoms with Crippen molar-refractivity contribution in [2.45, 2.75) is 19.8 Å². The molecule has 0 saturated heterocycles. The van der Waals surface area contributed by atoms with E-state index in [1.807, 2.05) is 6.07 Å². The van der Waals surface area contributed by atoms with Crippen LogP contribution in [0.25, 0.3) is 0 Å². The Morgan fingerprint density at radius 2 is 2.29 bits per heavy atom. The van der Waals surface area contributed by atoms with Gasteiger partial charge in [0.25, 0.3) is 6.43 Å². The van der Waals surface area contributed by atoms with E-state index in [-0.39, 0.29) is 17.0 Å². The van der Waals surface area contributed by atoms with Crippen LogP contribution in [0.4, 0.5) is 8.78 Å². The van der Waals surface area contributed by atoms with Crippen LogP contribution in [0.3, 0.4) is 0 Å². The molecule has 0 bridgehead atoms. The number of halogens is 3. The normalized spacial score (nSPS) is 10.3. The van der Waals surface area contributed by atoms with Crippen LogP contribution >= 0.6 is 11.6 Å². The van der Waals surface area contributed by atoms with Gasteiger partial charge in [0.15, 0.2) is 0 Å². The standard InChI is InChI=1S/C9H7ClF2N2/c1-5-8(10)7(9(11)12)4-6(14-5)2-3-13/h4,9H,2H2,1H3. The van der Waals surface area contributed by atoms with E-state index in [0.717, 1.165) is 0 Å². The zero-order chi connectivity index (χ0) is 10.7. The molecule has 74 valence electrons. The summed E-state index contributed by atoms with van der Waals surface area (Å²) in [7, 11) is 0. The van der Waals surface area contributed by atoms with Crippen LogP contribution in [0, 0.1) is 18.3 Å². The van der Waals surface area contributed by atoms with Crippen molar-refractivity contribution < 1.29 is 8.78 Å². The Morgan fingerprint density at radius 3 is 2.79 bits per heavy atom. The van der Waals surface area contributed by atoms with Gasteiger partial charge in [-0.1, -0.05) is 11.6 Å². The summed E-state index contributed by atoms with van der Waals surface area (Å²) in [4.78, 5) is 3.92. The summed E-state index contributed by atoms with van der Waals surface area (Å²) in [6.07, 6.45) is -2.63. The third-order valence-corrected chi connectivity index (χ3v) is 2.19. The van der Waals surface area contributed by atoms with Crippen molar-refractivity contribution in [3.8, 4) is 6.07 Å². The molecule has 14 heavy (non-hydrogen) atoms. The minimum absolute atomic E-state index is 0.0116. The van der Waals surface area contributed by atoms with Gasteiger partial charge in [-0.05, 0) is 13.0 Å². The van der Waals surface area contributed by atoms with Gasteiger partial charge in [0, 0.05) is 5.56 Å². The second-order valence-corrected chi connectivity index (χ2v) is 3.12. The predicted molar refractivity (Wildman–Crippen MR) is 48.3 cm³/mol. The quantitative estimate of drug-likeness (QED) is 0.762. The van der Waals surface area contributed by atoms with E-state index in [4.69, 9.17) is 16.9 Å². The maximum Gasteiger partial charge on any atom is 0.265 e. The molecule has 0 radical (unpaired) electrons. The van der Waals surface area contributed by atoms with Gasteiger partial charge in [0.1, 0.15) is 0 Å². The van der Waals surface area contributed by atoms with E-state index in [2.05, 4.69) is 4.98 Å². The first-order chi connectivity index (χ1) is 6.56. The second kappa shape index (κ2) is 4.34. The van der Waals surface area contributed by atoms with Gasteiger partial charge in [-0.15, -0.1) is 0 Å². The molecule has 0 atom stereocenters. The SMILES string of the molecule is Cc1nc(CC#N)cc(C(F)F)c1Cl. The number of nitriles is 1. The van der Waals surface area contributed by atoms with Crippen LogP contribution in [0.15, 0.2) is 6.07 Å². The second-order valence-electron chi connectivity index (χ2n) is 2.74. The Labute approximate surface area is 85.1 Å². The minimum Gasteiger partial charge on any atom is -0.256 e. The molecule has 0 aliphatic carbocycles. The summed E-state index contributed by atoms with van der Waals surface area (Å²) in [5, 5.41) is 8.37. The van der Waals surface area contributed by atoms with Gasteiger partial charge >= 0.3 is 0 Å². The summed E-state index contributed by atoms with van der Waals surface area (Å²) in [6, 6.07) is 3.02. The van der Waals surface area contributed by atoms with Crippen molar-refractivity contribution in [1.82, 2.24) is 4.98 Å². The fourth-order valence-corrected chi connectivity index (χ4v) is 1.26. The molecule has 0 aliphatic heterocycles. The van der Waals surface area contributed by atoms with Crippen molar-refractivity contribution in [3.05, 3.63) is 28.0 Å². The Balaban J connectivity index is 3.22. The van der Waals surface area contributed by atoms with Crippen LogP contribution in [-0.2, 0) is 6.42 Å². The van der Waals surface area contributed by atoms with Gasteiger partial charge in [-0.2, -0.15) is 5.26 Å². The van der Waals surface area contributed by atoms with Gasteiger partial charge in [-0.25, -0.2) is 8.78 Å². The Kier molecular flexibility index (Phi) is 3.37. The van der Waals surface area contributed by atoms with Crippen molar-refractivity contribution in [3.63, 3.8) is 0 Å². The maximum absolute atomic E-state index is 12.4. The molecule has 1 aromatic rings. The molecule has 1 rings (SSSR count). The molecule has 1 aromatic heterocycles. The summed E-state index contributed by atoms with van der Waals surface area (Å²) in [6.45, 7) is 1.54. The number of pyridine rings is 1. The highest BCUT2D eigenvalue weighted by Crippen LogP contribution is 2.29. The molecule has 0 spiro atoms.